The fraction of sp³-hybridized carbons (Fsp3) is 0.538. The number of nitrogens with zero attached hydrogens (tertiary/aromatic N) is 3. The minimum absolute atomic E-state index is 0.674. The molecule has 90 valence electrons. The smallest absolute Gasteiger partial charge is 0.157 e. The van der Waals surface area contributed by atoms with E-state index in [2.05, 4.69) is 23.1 Å². The average Bonchev–Trinajstić information content (AvgIpc) is 2.98. The van der Waals surface area contributed by atoms with Crippen molar-refractivity contribution in [2.24, 2.45) is 5.92 Å². The van der Waals surface area contributed by atoms with E-state index in [1.807, 2.05) is 6.07 Å². The average molecular weight is 250 g/mol. The van der Waals surface area contributed by atoms with Crippen LogP contribution in [-0.2, 0) is 12.8 Å². The van der Waals surface area contributed by atoms with Crippen LogP contribution >= 0.6 is 11.6 Å². The fourth-order valence-corrected chi connectivity index (χ4v) is 2.41. The quantitative estimate of drug-likeness (QED) is 0.779. The van der Waals surface area contributed by atoms with Crippen LogP contribution in [0.3, 0.4) is 0 Å². The maximum absolute atomic E-state index is 6.24. The van der Waals surface area contributed by atoms with Crippen molar-refractivity contribution < 1.29 is 0 Å². The van der Waals surface area contributed by atoms with E-state index < -0.39 is 0 Å². The highest BCUT2D eigenvalue weighted by atomic mass is 35.5. The topological polar surface area (TPSA) is 30.2 Å². The summed E-state index contributed by atoms with van der Waals surface area (Å²) in [7, 11) is 0. The predicted octanol–water partition coefficient (Wildman–Crippen LogP) is 3.29. The van der Waals surface area contributed by atoms with Gasteiger partial charge in [0.2, 0.25) is 0 Å². The number of halogens is 1. The van der Waals surface area contributed by atoms with Gasteiger partial charge in [-0.1, -0.05) is 18.5 Å². The summed E-state index contributed by atoms with van der Waals surface area (Å²) in [6.45, 7) is 2.13. The molecular formula is C13H16ClN3. The molecule has 2 heterocycles. The second-order valence-corrected chi connectivity index (χ2v) is 5.27. The lowest BCUT2D eigenvalue weighted by molar-refractivity contribution is 0.812. The molecule has 0 spiro atoms. The van der Waals surface area contributed by atoms with Gasteiger partial charge in [-0.25, -0.2) is 9.50 Å². The Morgan fingerprint density at radius 3 is 2.94 bits per heavy atom. The molecule has 0 unspecified atom stereocenters. The lowest BCUT2D eigenvalue weighted by Gasteiger charge is -2.01. The maximum Gasteiger partial charge on any atom is 0.157 e. The highest BCUT2D eigenvalue weighted by Gasteiger charge is 2.22. The van der Waals surface area contributed by atoms with Gasteiger partial charge in [-0.3, -0.25) is 0 Å². The van der Waals surface area contributed by atoms with Gasteiger partial charge in [0.25, 0.3) is 0 Å². The van der Waals surface area contributed by atoms with Crippen LogP contribution in [0.5, 0.6) is 0 Å². The summed E-state index contributed by atoms with van der Waals surface area (Å²) in [6.07, 6.45) is 5.82. The standard InChI is InChI=1S/C13H16ClN3/c1-2-3-12-15-13-8-10(6-9-4-5-9)7-11(14)17(13)16-12/h7-9H,2-6H2,1H3. The molecular weight excluding hydrogens is 234 g/mol. The molecule has 0 aromatic carbocycles. The van der Waals surface area contributed by atoms with Crippen LogP contribution in [-0.4, -0.2) is 14.6 Å². The van der Waals surface area contributed by atoms with Crippen LogP contribution < -0.4 is 0 Å². The number of pyridine rings is 1. The Kier molecular flexibility index (Phi) is 2.79. The highest BCUT2D eigenvalue weighted by Crippen LogP contribution is 2.33. The van der Waals surface area contributed by atoms with Crippen molar-refractivity contribution in [1.82, 2.24) is 14.6 Å². The summed E-state index contributed by atoms with van der Waals surface area (Å²) in [5.74, 6) is 1.75. The van der Waals surface area contributed by atoms with Crippen molar-refractivity contribution in [3.63, 3.8) is 0 Å². The summed E-state index contributed by atoms with van der Waals surface area (Å²) in [6, 6.07) is 4.15. The maximum atomic E-state index is 6.24. The van der Waals surface area contributed by atoms with E-state index in [1.165, 1.54) is 18.4 Å². The third kappa shape index (κ3) is 2.29. The van der Waals surface area contributed by atoms with Crippen molar-refractivity contribution in [2.45, 2.75) is 39.0 Å². The van der Waals surface area contributed by atoms with Gasteiger partial charge in [-0.2, -0.15) is 0 Å². The van der Waals surface area contributed by atoms with E-state index in [0.717, 1.165) is 36.7 Å². The summed E-state index contributed by atoms with van der Waals surface area (Å²) in [5.41, 5.74) is 2.18. The fourth-order valence-electron chi connectivity index (χ4n) is 2.14. The first-order valence-electron chi connectivity index (χ1n) is 6.30. The van der Waals surface area contributed by atoms with E-state index in [1.54, 1.807) is 4.52 Å². The van der Waals surface area contributed by atoms with Crippen LogP contribution in [0, 0.1) is 5.92 Å². The molecule has 0 radical (unpaired) electrons. The molecule has 1 aliphatic rings. The first-order valence-corrected chi connectivity index (χ1v) is 6.68. The van der Waals surface area contributed by atoms with Gasteiger partial charge in [0, 0.05) is 6.42 Å². The number of aromatic nitrogens is 3. The van der Waals surface area contributed by atoms with E-state index in [0.29, 0.717) is 5.15 Å². The lowest BCUT2D eigenvalue weighted by atomic mass is 10.1. The Labute approximate surface area is 106 Å². The summed E-state index contributed by atoms with van der Waals surface area (Å²) >= 11 is 6.24. The summed E-state index contributed by atoms with van der Waals surface area (Å²) in [4.78, 5) is 4.52. The Morgan fingerprint density at radius 1 is 1.41 bits per heavy atom. The predicted molar refractivity (Wildman–Crippen MR) is 68.4 cm³/mol. The van der Waals surface area contributed by atoms with E-state index in [-0.39, 0.29) is 0 Å². The number of hydrogen-bond donors (Lipinski definition) is 0. The summed E-state index contributed by atoms with van der Waals surface area (Å²) in [5, 5.41) is 5.09. The Hall–Kier alpha value is -1.09. The van der Waals surface area contributed by atoms with Crippen LogP contribution in [0.15, 0.2) is 12.1 Å². The minimum atomic E-state index is 0.674. The van der Waals surface area contributed by atoms with Gasteiger partial charge in [0.1, 0.15) is 5.15 Å². The molecule has 3 nitrogen and oxygen atoms in total. The van der Waals surface area contributed by atoms with E-state index in [4.69, 9.17) is 11.6 Å². The molecule has 4 heteroatoms. The SMILES string of the molecule is CCCc1nc2cc(CC3CC3)cc(Cl)n2n1. The minimum Gasteiger partial charge on any atom is -0.212 e. The molecule has 1 fully saturated rings. The zero-order valence-corrected chi connectivity index (χ0v) is 10.7. The zero-order chi connectivity index (χ0) is 11.8. The van der Waals surface area contributed by atoms with Gasteiger partial charge in [-0.05, 0) is 49.3 Å². The molecule has 0 aliphatic heterocycles. The van der Waals surface area contributed by atoms with E-state index >= 15 is 0 Å². The first kappa shape index (κ1) is 11.0. The normalized spacial score (nSPS) is 15.6. The molecule has 2 aromatic heterocycles. The molecule has 17 heavy (non-hydrogen) atoms. The van der Waals surface area contributed by atoms with Crippen molar-refractivity contribution >= 4 is 17.2 Å². The third-order valence-electron chi connectivity index (χ3n) is 3.19. The van der Waals surface area contributed by atoms with Crippen molar-refractivity contribution in [2.75, 3.05) is 0 Å². The molecule has 1 saturated carbocycles. The largest absolute Gasteiger partial charge is 0.212 e. The molecule has 0 saturated heterocycles. The molecule has 2 aromatic rings. The molecule has 0 bridgehead atoms. The second-order valence-electron chi connectivity index (χ2n) is 4.88. The van der Waals surface area contributed by atoms with Crippen LogP contribution in [0.25, 0.3) is 5.65 Å². The van der Waals surface area contributed by atoms with Gasteiger partial charge in [0.15, 0.2) is 11.5 Å². The Balaban J connectivity index is 1.98. The molecule has 0 amide bonds. The third-order valence-corrected chi connectivity index (χ3v) is 3.46. The summed E-state index contributed by atoms with van der Waals surface area (Å²) < 4.78 is 1.74. The number of aryl methyl sites for hydroxylation is 1. The monoisotopic (exact) mass is 249 g/mol. The Morgan fingerprint density at radius 2 is 2.24 bits per heavy atom. The van der Waals surface area contributed by atoms with Gasteiger partial charge < -0.3 is 0 Å². The van der Waals surface area contributed by atoms with Crippen molar-refractivity contribution in [1.29, 1.82) is 0 Å². The van der Waals surface area contributed by atoms with E-state index in [9.17, 15) is 0 Å². The molecule has 0 N–H and O–H groups in total. The second kappa shape index (κ2) is 4.30. The van der Waals surface area contributed by atoms with Gasteiger partial charge in [0.05, 0.1) is 0 Å². The Bertz CT molecular complexity index is 543. The highest BCUT2D eigenvalue weighted by molar-refractivity contribution is 6.29. The van der Waals surface area contributed by atoms with Crippen molar-refractivity contribution in [3.05, 3.63) is 28.7 Å². The van der Waals surface area contributed by atoms with Gasteiger partial charge >= 0.3 is 0 Å². The van der Waals surface area contributed by atoms with Crippen LogP contribution in [0.4, 0.5) is 0 Å². The molecule has 1 aliphatic carbocycles. The first-order chi connectivity index (χ1) is 8.26. The number of rotatable bonds is 4. The van der Waals surface area contributed by atoms with Crippen LogP contribution in [0.1, 0.15) is 37.6 Å². The van der Waals surface area contributed by atoms with Crippen molar-refractivity contribution in [3.8, 4) is 0 Å². The van der Waals surface area contributed by atoms with Gasteiger partial charge in [-0.15, -0.1) is 5.10 Å². The lowest BCUT2D eigenvalue weighted by Crippen LogP contribution is -1.94. The molecule has 3 rings (SSSR count). The van der Waals surface area contributed by atoms with Crippen LogP contribution in [0.2, 0.25) is 5.15 Å². The molecule has 0 atom stereocenters. The number of hydrogen-bond acceptors (Lipinski definition) is 2. The zero-order valence-electron chi connectivity index (χ0n) is 9.99. The number of fused-ring (bicyclic) bond motifs is 1.